The zero-order valence-electron chi connectivity index (χ0n) is 16.2. The molecule has 0 unspecified atom stereocenters. The number of ether oxygens (including phenoxy) is 2. The number of amides is 1. The van der Waals surface area contributed by atoms with E-state index in [4.69, 9.17) is 9.47 Å². The molecule has 0 saturated carbocycles. The third kappa shape index (κ3) is 4.56. The summed E-state index contributed by atoms with van der Waals surface area (Å²) in [6.07, 6.45) is 0. The number of methoxy groups -OCH3 is 2. The van der Waals surface area contributed by atoms with Crippen molar-refractivity contribution >= 4 is 23.2 Å². The lowest BCUT2D eigenvalue weighted by Crippen LogP contribution is -2.15. The molecule has 28 heavy (non-hydrogen) atoms. The molecule has 0 fully saturated rings. The summed E-state index contributed by atoms with van der Waals surface area (Å²) in [4.78, 5) is 21.3. The topological polar surface area (TPSA) is 85.4 Å². The summed E-state index contributed by atoms with van der Waals surface area (Å²) in [6.45, 7) is 3.78. The van der Waals surface area contributed by atoms with Gasteiger partial charge in [-0.25, -0.2) is 9.97 Å². The summed E-state index contributed by atoms with van der Waals surface area (Å²) < 4.78 is 10.5. The molecule has 0 radical (unpaired) electrons. The van der Waals surface area contributed by atoms with Crippen LogP contribution in [0.4, 0.5) is 17.3 Å². The summed E-state index contributed by atoms with van der Waals surface area (Å²) in [5, 5.41) is 5.96. The van der Waals surface area contributed by atoms with Crippen LogP contribution in [0.5, 0.6) is 11.5 Å². The molecule has 1 aromatic heterocycles. The van der Waals surface area contributed by atoms with Crippen molar-refractivity contribution < 1.29 is 14.3 Å². The number of aryl methyl sites for hydroxylation is 2. The first-order valence-electron chi connectivity index (χ1n) is 8.71. The number of nitrogens with zero attached hydrogens (tertiary/aromatic N) is 2. The van der Waals surface area contributed by atoms with E-state index >= 15 is 0 Å². The van der Waals surface area contributed by atoms with Crippen LogP contribution in [0.3, 0.4) is 0 Å². The minimum atomic E-state index is -0.300. The molecule has 0 bridgehead atoms. The largest absolute Gasteiger partial charge is 0.493 e. The molecular weight excluding hydrogens is 356 g/mol. The fourth-order valence-corrected chi connectivity index (χ4v) is 2.70. The van der Waals surface area contributed by atoms with Gasteiger partial charge in [0.2, 0.25) is 5.95 Å². The number of carbonyl (C=O) groups excluding carboxylic acids is 1. The molecule has 3 aromatic rings. The van der Waals surface area contributed by atoms with Crippen molar-refractivity contribution in [2.24, 2.45) is 0 Å². The molecule has 0 atom stereocenters. The van der Waals surface area contributed by atoms with E-state index in [9.17, 15) is 4.79 Å². The second-order valence-corrected chi connectivity index (χ2v) is 6.24. The van der Waals surface area contributed by atoms with Crippen molar-refractivity contribution in [1.29, 1.82) is 0 Å². The molecule has 2 aromatic carbocycles. The van der Waals surface area contributed by atoms with Gasteiger partial charge in [0.05, 0.1) is 14.2 Å². The van der Waals surface area contributed by atoms with Crippen LogP contribution >= 0.6 is 0 Å². The second-order valence-electron chi connectivity index (χ2n) is 6.24. The summed E-state index contributed by atoms with van der Waals surface area (Å²) in [5.41, 5.74) is 3.45. The lowest BCUT2D eigenvalue weighted by Gasteiger charge is -2.12. The van der Waals surface area contributed by atoms with E-state index in [1.54, 1.807) is 32.4 Å². The Labute approximate surface area is 163 Å². The number of anilines is 3. The zero-order chi connectivity index (χ0) is 20.1. The van der Waals surface area contributed by atoms with Gasteiger partial charge in [-0.15, -0.1) is 0 Å². The van der Waals surface area contributed by atoms with E-state index in [1.807, 2.05) is 44.2 Å². The highest BCUT2D eigenvalue weighted by molar-refractivity contribution is 6.03. The van der Waals surface area contributed by atoms with Crippen molar-refractivity contribution in [2.45, 2.75) is 13.8 Å². The van der Waals surface area contributed by atoms with Gasteiger partial charge < -0.3 is 20.1 Å². The first-order valence-corrected chi connectivity index (χ1v) is 8.71. The Bertz CT molecular complexity index is 1000. The minimum absolute atomic E-state index is 0.275. The molecule has 0 aliphatic rings. The fourth-order valence-electron chi connectivity index (χ4n) is 2.70. The van der Waals surface area contributed by atoms with Gasteiger partial charge in [-0.3, -0.25) is 4.79 Å². The van der Waals surface area contributed by atoms with E-state index < -0.39 is 0 Å². The van der Waals surface area contributed by atoms with Gasteiger partial charge in [0.25, 0.3) is 5.91 Å². The predicted octanol–water partition coefficient (Wildman–Crippen LogP) is 4.11. The van der Waals surface area contributed by atoms with Crippen molar-refractivity contribution in [3.05, 3.63) is 65.5 Å². The number of hydrogen-bond acceptors (Lipinski definition) is 6. The van der Waals surface area contributed by atoms with Gasteiger partial charge >= 0.3 is 0 Å². The van der Waals surface area contributed by atoms with Gasteiger partial charge in [-0.05, 0) is 49.7 Å². The van der Waals surface area contributed by atoms with Crippen LogP contribution in [-0.4, -0.2) is 30.1 Å². The molecule has 0 saturated heterocycles. The summed E-state index contributed by atoms with van der Waals surface area (Å²) in [5.74, 6) is 1.22. The van der Waals surface area contributed by atoms with E-state index in [0.29, 0.717) is 28.8 Å². The van der Waals surface area contributed by atoms with Gasteiger partial charge in [-0.1, -0.05) is 12.1 Å². The van der Waals surface area contributed by atoms with E-state index in [1.165, 1.54) is 0 Å². The maximum absolute atomic E-state index is 12.6. The fraction of sp³-hybridized carbons (Fsp3) is 0.190. The molecule has 3 rings (SSSR count). The number of benzene rings is 2. The Kier molecular flexibility index (Phi) is 5.74. The summed E-state index contributed by atoms with van der Waals surface area (Å²) in [6, 6.07) is 14.6. The average molecular weight is 378 g/mol. The number of nitrogens with one attached hydrogen (secondary N) is 2. The zero-order valence-corrected chi connectivity index (χ0v) is 16.2. The van der Waals surface area contributed by atoms with Crippen LogP contribution < -0.4 is 20.1 Å². The van der Waals surface area contributed by atoms with Crippen molar-refractivity contribution in [1.82, 2.24) is 9.97 Å². The second kappa shape index (κ2) is 8.39. The van der Waals surface area contributed by atoms with Crippen LogP contribution in [0.15, 0.2) is 48.5 Å². The molecule has 0 aliphatic heterocycles. The number of carbonyl (C=O) groups is 1. The molecule has 7 heteroatoms. The van der Waals surface area contributed by atoms with Crippen molar-refractivity contribution in [2.75, 3.05) is 24.9 Å². The molecular formula is C21H22N4O3. The molecule has 0 aliphatic carbocycles. The summed E-state index contributed by atoms with van der Waals surface area (Å²) >= 11 is 0. The smallest absolute Gasteiger partial charge is 0.274 e. The highest BCUT2D eigenvalue weighted by Gasteiger charge is 2.12. The maximum Gasteiger partial charge on any atom is 0.274 e. The van der Waals surface area contributed by atoms with Gasteiger partial charge in [-0.2, -0.15) is 0 Å². The Morgan fingerprint density at radius 2 is 1.68 bits per heavy atom. The average Bonchev–Trinajstić information content (AvgIpc) is 2.67. The number of aromatic nitrogens is 2. The predicted molar refractivity (Wildman–Crippen MR) is 109 cm³/mol. The third-order valence-electron chi connectivity index (χ3n) is 4.00. The van der Waals surface area contributed by atoms with Crippen LogP contribution in [0, 0.1) is 13.8 Å². The van der Waals surface area contributed by atoms with Crippen LogP contribution in [0.25, 0.3) is 0 Å². The number of hydrogen-bond donors (Lipinski definition) is 2. The Hall–Kier alpha value is -3.61. The Morgan fingerprint density at radius 1 is 0.893 bits per heavy atom. The monoisotopic (exact) mass is 378 g/mol. The standard InChI is InChI=1S/C21H22N4O3/c1-13-6-5-7-15(10-13)23-20(26)17-11-14(2)22-21(25-17)24-16-8-9-18(27-3)19(12-16)28-4/h5-12H,1-4H3,(H,23,26)(H,22,24,25). The van der Waals surface area contributed by atoms with Gasteiger partial charge in [0.15, 0.2) is 11.5 Å². The Balaban J connectivity index is 1.82. The SMILES string of the molecule is COc1ccc(Nc2nc(C)cc(C(=O)Nc3cccc(C)c3)n2)cc1OC. The van der Waals surface area contributed by atoms with Gasteiger partial charge in [0.1, 0.15) is 5.69 Å². The summed E-state index contributed by atoms with van der Waals surface area (Å²) in [7, 11) is 3.15. The van der Waals surface area contributed by atoms with Crippen LogP contribution in [0.1, 0.15) is 21.7 Å². The molecule has 144 valence electrons. The van der Waals surface area contributed by atoms with Gasteiger partial charge in [0, 0.05) is 23.1 Å². The van der Waals surface area contributed by atoms with Crippen LogP contribution in [-0.2, 0) is 0 Å². The lowest BCUT2D eigenvalue weighted by atomic mass is 10.2. The first-order chi connectivity index (χ1) is 13.5. The van der Waals surface area contributed by atoms with E-state index in [0.717, 1.165) is 11.3 Å². The van der Waals surface area contributed by atoms with Crippen LogP contribution in [0.2, 0.25) is 0 Å². The van der Waals surface area contributed by atoms with Crippen molar-refractivity contribution in [3.63, 3.8) is 0 Å². The first kappa shape index (κ1) is 19.2. The normalized spacial score (nSPS) is 10.3. The molecule has 1 heterocycles. The van der Waals surface area contributed by atoms with Crippen molar-refractivity contribution in [3.8, 4) is 11.5 Å². The highest BCUT2D eigenvalue weighted by atomic mass is 16.5. The number of rotatable bonds is 6. The highest BCUT2D eigenvalue weighted by Crippen LogP contribution is 2.30. The Morgan fingerprint density at radius 3 is 2.39 bits per heavy atom. The van der Waals surface area contributed by atoms with E-state index in [-0.39, 0.29) is 11.6 Å². The lowest BCUT2D eigenvalue weighted by molar-refractivity contribution is 0.102. The minimum Gasteiger partial charge on any atom is -0.493 e. The molecule has 7 nitrogen and oxygen atoms in total. The quantitative estimate of drug-likeness (QED) is 0.671. The maximum atomic E-state index is 12.6. The molecule has 2 N–H and O–H groups in total. The molecule has 0 spiro atoms. The third-order valence-corrected chi connectivity index (χ3v) is 4.00. The van der Waals surface area contributed by atoms with E-state index in [2.05, 4.69) is 20.6 Å². The molecule has 1 amide bonds.